The maximum absolute atomic E-state index is 12.9. The van der Waals surface area contributed by atoms with Crippen molar-refractivity contribution in [3.05, 3.63) is 46.8 Å². The highest BCUT2D eigenvalue weighted by Gasteiger charge is 2.17. The zero-order chi connectivity index (χ0) is 21.0. The topological polar surface area (TPSA) is 88.4 Å². The van der Waals surface area contributed by atoms with Crippen molar-refractivity contribution in [2.24, 2.45) is 4.99 Å². The first-order chi connectivity index (χ1) is 14.0. The number of hydrogen-bond acceptors (Lipinski definition) is 7. The van der Waals surface area contributed by atoms with Crippen molar-refractivity contribution >= 4 is 33.4 Å². The highest BCUT2D eigenvalue weighted by molar-refractivity contribution is 7.16. The SMILES string of the molecule is COC(=O)Cn1c(=NC(=O)c2ccc(OC)cc2OC)sc2cccc(OC)c21. The van der Waals surface area contributed by atoms with Crippen LogP contribution in [0.4, 0.5) is 0 Å². The highest BCUT2D eigenvalue weighted by Crippen LogP contribution is 2.28. The molecule has 0 saturated carbocycles. The summed E-state index contributed by atoms with van der Waals surface area (Å²) in [7, 11) is 5.84. The lowest BCUT2D eigenvalue weighted by Gasteiger charge is -2.08. The lowest BCUT2D eigenvalue weighted by Crippen LogP contribution is -2.22. The molecule has 1 amide bonds. The van der Waals surface area contributed by atoms with Crippen LogP contribution >= 0.6 is 11.3 Å². The molecule has 3 aromatic rings. The number of benzene rings is 2. The number of nitrogens with zero attached hydrogens (tertiary/aromatic N) is 2. The zero-order valence-electron chi connectivity index (χ0n) is 16.4. The number of thiazole rings is 1. The van der Waals surface area contributed by atoms with E-state index in [0.717, 1.165) is 4.70 Å². The smallest absolute Gasteiger partial charge is 0.325 e. The van der Waals surface area contributed by atoms with E-state index in [9.17, 15) is 9.59 Å². The fourth-order valence-electron chi connectivity index (χ4n) is 2.81. The van der Waals surface area contributed by atoms with E-state index in [4.69, 9.17) is 18.9 Å². The predicted octanol–water partition coefficient (Wildman–Crippen LogP) is 2.64. The number of rotatable bonds is 6. The number of carbonyl (C=O) groups excluding carboxylic acids is 2. The second kappa shape index (κ2) is 8.78. The molecule has 0 N–H and O–H groups in total. The van der Waals surface area contributed by atoms with Gasteiger partial charge in [0.25, 0.3) is 5.91 Å². The maximum Gasteiger partial charge on any atom is 0.325 e. The summed E-state index contributed by atoms with van der Waals surface area (Å²) in [6.45, 7) is -0.108. The molecule has 0 saturated heterocycles. The number of para-hydroxylation sites is 1. The van der Waals surface area contributed by atoms with Gasteiger partial charge < -0.3 is 23.5 Å². The third-order valence-corrected chi connectivity index (χ3v) is 5.28. The Labute approximate surface area is 170 Å². The average molecular weight is 416 g/mol. The molecule has 1 aromatic heterocycles. The van der Waals surface area contributed by atoms with Crippen LogP contribution in [0.1, 0.15) is 10.4 Å². The van der Waals surface area contributed by atoms with Crippen LogP contribution in [0.25, 0.3) is 10.2 Å². The molecule has 0 aliphatic heterocycles. The molecular weight excluding hydrogens is 396 g/mol. The largest absolute Gasteiger partial charge is 0.497 e. The van der Waals surface area contributed by atoms with Gasteiger partial charge >= 0.3 is 5.97 Å². The molecule has 2 aromatic carbocycles. The monoisotopic (exact) mass is 416 g/mol. The van der Waals surface area contributed by atoms with Crippen LogP contribution in [0.2, 0.25) is 0 Å². The van der Waals surface area contributed by atoms with Gasteiger partial charge in [-0.1, -0.05) is 17.4 Å². The van der Waals surface area contributed by atoms with Gasteiger partial charge in [-0.2, -0.15) is 4.99 Å². The average Bonchev–Trinajstić information content (AvgIpc) is 3.09. The first-order valence-electron chi connectivity index (χ1n) is 8.56. The molecule has 0 bridgehead atoms. The third kappa shape index (κ3) is 4.09. The maximum atomic E-state index is 12.9. The molecule has 1 heterocycles. The minimum Gasteiger partial charge on any atom is -0.497 e. The van der Waals surface area contributed by atoms with E-state index in [1.165, 1.54) is 32.7 Å². The second-order valence-electron chi connectivity index (χ2n) is 5.84. The molecule has 0 aliphatic carbocycles. The Morgan fingerprint density at radius 3 is 2.41 bits per heavy atom. The highest BCUT2D eigenvalue weighted by atomic mass is 32.1. The number of esters is 1. The van der Waals surface area contributed by atoms with Crippen LogP contribution in [-0.2, 0) is 16.1 Å². The molecule has 0 spiro atoms. The van der Waals surface area contributed by atoms with Crippen LogP contribution in [0.5, 0.6) is 17.2 Å². The molecule has 0 atom stereocenters. The summed E-state index contributed by atoms with van der Waals surface area (Å²) >= 11 is 1.27. The van der Waals surface area contributed by atoms with Crippen LogP contribution in [-0.4, -0.2) is 44.9 Å². The summed E-state index contributed by atoms with van der Waals surface area (Å²) in [5.74, 6) is 0.501. The standard InChI is InChI=1S/C20H20N2O6S/c1-25-12-8-9-13(15(10-12)27-3)19(24)21-20-22(11-17(23)28-4)18-14(26-2)6-5-7-16(18)29-20/h5-10H,11H2,1-4H3. The molecule has 8 nitrogen and oxygen atoms in total. The minimum absolute atomic E-state index is 0.108. The van der Waals surface area contributed by atoms with Crippen molar-refractivity contribution in [3.8, 4) is 17.2 Å². The predicted molar refractivity (Wildman–Crippen MR) is 108 cm³/mol. The Balaban J connectivity index is 2.18. The van der Waals surface area contributed by atoms with Gasteiger partial charge in [-0.15, -0.1) is 0 Å². The van der Waals surface area contributed by atoms with Gasteiger partial charge in [-0.05, 0) is 24.3 Å². The van der Waals surface area contributed by atoms with E-state index in [1.807, 2.05) is 12.1 Å². The van der Waals surface area contributed by atoms with Crippen molar-refractivity contribution < 1.29 is 28.5 Å². The van der Waals surface area contributed by atoms with Gasteiger partial charge in [-0.3, -0.25) is 9.59 Å². The number of ether oxygens (including phenoxy) is 4. The number of carbonyl (C=O) groups is 2. The minimum atomic E-state index is -0.506. The molecular formula is C20H20N2O6S. The van der Waals surface area contributed by atoms with Gasteiger partial charge in [0.1, 0.15) is 29.3 Å². The summed E-state index contributed by atoms with van der Waals surface area (Å²) in [4.78, 5) is 29.4. The Hall–Kier alpha value is -3.33. The van der Waals surface area contributed by atoms with E-state index >= 15 is 0 Å². The molecule has 0 fully saturated rings. The zero-order valence-corrected chi connectivity index (χ0v) is 17.2. The lowest BCUT2D eigenvalue weighted by molar-refractivity contribution is -0.141. The lowest BCUT2D eigenvalue weighted by atomic mass is 10.2. The molecule has 0 unspecified atom stereocenters. The molecule has 152 valence electrons. The molecule has 9 heteroatoms. The fraction of sp³-hybridized carbons (Fsp3) is 0.250. The van der Waals surface area contributed by atoms with Crippen LogP contribution in [0, 0.1) is 0 Å². The molecule has 0 aliphatic rings. The van der Waals surface area contributed by atoms with Crippen molar-refractivity contribution in [2.45, 2.75) is 6.54 Å². The summed E-state index contributed by atoms with van der Waals surface area (Å²) < 4.78 is 23.1. The second-order valence-corrected chi connectivity index (χ2v) is 6.85. The van der Waals surface area contributed by atoms with Gasteiger partial charge in [0.05, 0.1) is 38.7 Å². The van der Waals surface area contributed by atoms with Crippen LogP contribution < -0.4 is 19.0 Å². The number of methoxy groups -OCH3 is 4. The summed E-state index contributed by atoms with van der Waals surface area (Å²) in [5, 5.41) is 0. The normalized spacial score (nSPS) is 11.4. The number of aromatic nitrogens is 1. The van der Waals surface area contributed by atoms with E-state index < -0.39 is 11.9 Å². The van der Waals surface area contributed by atoms with Crippen molar-refractivity contribution in [2.75, 3.05) is 28.4 Å². The van der Waals surface area contributed by atoms with E-state index in [0.29, 0.717) is 27.6 Å². The van der Waals surface area contributed by atoms with Gasteiger partial charge in [-0.25, -0.2) is 0 Å². The Morgan fingerprint density at radius 1 is 1.00 bits per heavy atom. The van der Waals surface area contributed by atoms with Crippen molar-refractivity contribution in [1.82, 2.24) is 4.57 Å². The van der Waals surface area contributed by atoms with Gasteiger partial charge in [0, 0.05) is 6.07 Å². The summed E-state index contributed by atoms with van der Waals surface area (Å²) in [6, 6.07) is 10.3. The quantitative estimate of drug-likeness (QED) is 0.574. The number of fused-ring (bicyclic) bond motifs is 1. The fourth-order valence-corrected chi connectivity index (χ4v) is 3.86. The molecule has 3 rings (SSSR count). The number of amides is 1. The van der Waals surface area contributed by atoms with E-state index in [2.05, 4.69) is 4.99 Å². The van der Waals surface area contributed by atoms with Crippen LogP contribution in [0.3, 0.4) is 0 Å². The Bertz CT molecular complexity index is 1130. The first-order valence-corrected chi connectivity index (χ1v) is 9.38. The molecule has 0 radical (unpaired) electrons. The Morgan fingerprint density at radius 2 is 1.76 bits per heavy atom. The van der Waals surface area contributed by atoms with Gasteiger partial charge in [0.2, 0.25) is 0 Å². The Kier molecular flexibility index (Phi) is 6.18. The van der Waals surface area contributed by atoms with E-state index in [-0.39, 0.29) is 12.1 Å². The third-order valence-electron chi connectivity index (χ3n) is 4.24. The van der Waals surface area contributed by atoms with Crippen molar-refractivity contribution in [3.63, 3.8) is 0 Å². The number of hydrogen-bond donors (Lipinski definition) is 0. The summed E-state index contributed by atoms with van der Waals surface area (Å²) in [6.07, 6.45) is 0. The molecule has 29 heavy (non-hydrogen) atoms. The summed E-state index contributed by atoms with van der Waals surface area (Å²) in [5.41, 5.74) is 0.945. The first kappa shape index (κ1) is 20.4. The van der Waals surface area contributed by atoms with Crippen molar-refractivity contribution in [1.29, 1.82) is 0 Å². The van der Waals surface area contributed by atoms with E-state index in [1.54, 1.807) is 35.9 Å². The van der Waals surface area contributed by atoms with Crippen LogP contribution in [0.15, 0.2) is 41.4 Å². The van der Waals surface area contributed by atoms with Gasteiger partial charge in [0.15, 0.2) is 4.80 Å².